The van der Waals surface area contributed by atoms with Gasteiger partial charge in [0.25, 0.3) is 0 Å². The summed E-state index contributed by atoms with van der Waals surface area (Å²) in [7, 11) is 0. The van der Waals surface area contributed by atoms with E-state index in [4.69, 9.17) is 8.94 Å². The van der Waals surface area contributed by atoms with Gasteiger partial charge in [0.1, 0.15) is 11.5 Å². The molecule has 0 saturated heterocycles. The highest BCUT2D eigenvalue weighted by Gasteiger charge is 2.10. The lowest BCUT2D eigenvalue weighted by Gasteiger charge is -2.05. The maximum Gasteiger partial charge on any atom is 0.315 e. The van der Waals surface area contributed by atoms with E-state index < -0.39 is 0 Å². The van der Waals surface area contributed by atoms with Crippen molar-refractivity contribution in [1.29, 1.82) is 0 Å². The SMILES string of the molecule is Cc1noc(C)c1CNC(=O)NCc1ccco1. The maximum absolute atomic E-state index is 11.5. The summed E-state index contributed by atoms with van der Waals surface area (Å²) in [6.45, 7) is 4.41. The van der Waals surface area contributed by atoms with Crippen molar-refractivity contribution in [2.45, 2.75) is 26.9 Å². The highest BCUT2D eigenvalue weighted by atomic mass is 16.5. The lowest BCUT2D eigenvalue weighted by molar-refractivity contribution is 0.239. The van der Waals surface area contributed by atoms with E-state index in [1.807, 2.05) is 13.8 Å². The first-order chi connectivity index (χ1) is 8.66. The molecule has 0 bridgehead atoms. The number of hydrogen-bond acceptors (Lipinski definition) is 4. The summed E-state index contributed by atoms with van der Waals surface area (Å²) in [5.74, 6) is 1.43. The van der Waals surface area contributed by atoms with Crippen LogP contribution in [-0.4, -0.2) is 11.2 Å². The predicted molar refractivity (Wildman–Crippen MR) is 63.8 cm³/mol. The molecule has 2 rings (SSSR count). The van der Waals surface area contributed by atoms with Crippen molar-refractivity contribution in [2.24, 2.45) is 0 Å². The van der Waals surface area contributed by atoms with Crippen LogP contribution in [0.3, 0.4) is 0 Å². The second-order valence-corrected chi connectivity index (χ2v) is 3.92. The molecule has 2 N–H and O–H groups in total. The number of nitrogens with one attached hydrogen (secondary N) is 2. The number of amides is 2. The largest absolute Gasteiger partial charge is 0.467 e. The molecule has 0 unspecified atom stereocenters. The number of carbonyl (C=O) groups is 1. The average molecular weight is 249 g/mol. The highest BCUT2D eigenvalue weighted by Crippen LogP contribution is 2.11. The lowest BCUT2D eigenvalue weighted by Crippen LogP contribution is -2.34. The van der Waals surface area contributed by atoms with E-state index >= 15 is 0 Å². The second-order valence-electron chi connectivity index (χ2n) is 3.92. The van der Waals surface area contributed by atoms with Crippen LogP contribution in [0, 0.1) is 13.8 Å². The van der Waals surface area contributed by atoms with Crippen molar-refractivity contribution in [3.8, 4) is 0 Å². The minimum atomic E-state index is -0.258. The van der Waals surface area contributed by atoms with Gasteiger partial charge in [-0.25, -0.2) is 4.79 Å². The fraction of sp³-hybridized carbons (Fsp3) is 0.333. The minimum Gasteiger partial charge on any atom is -0.467 e. The Bertz CT molecular complexity index is 497. The van der Waals surface area contributed by atoms with Gasteiger partial charge in [-0.1, -0.05) is 5.16 Å². The Kier molecular flexibility index (Phi) is 3.66. The Morgan fingerprint density at radius 1 is 1.33 bits per heavy atom. The highest BCUT2D eigenvalue weighted by molar-refractivity contribution is 5.73. The molecular weight excluding hydrogens is 234 g/mol. The second kappa shape index (κ2) is 5.39. The maximum atomic E-state index is 11.5. The van der Waals surface area contributed by atoms with Gasteiger partial charge in [0, 0.05) is 12.1 Å². The van der Waals surface area contributed by atoms with Crippen molar-refractivity contribution < 1.29 is 13.7 Å². The molecule has 18 heavy (non-hydrogen) atoms. The molecule has 0 radical (unpaired) electrons. The summed E-state index contributed by atoms with van der Waals surface area (Å²) in [6.07, 6.45) is 1.57. The van der Waals surface area contributed by atoms with Gasteiger partial charge < -0.3 is 19.6 Å². The normalized spacial score (nSPS) is 10.3. The van der Waals surface area contributed by atoms with Gasteiger partial charge in [-0.15, -0.1) is 0 Å². The smallest absolute Gasteiger partial charge is 0.315 e. The fourth-order valence-electron chi connectivity index (χ4n) is 1.57. The zero-order chi connectivity index (χ0) is 13.0. The van der Waals surface area contributed by atoms with Gasteiger partial charge in [0.05, 0.1) is 18.5 Å². The quantitative estimate of drug-likeness (QED) is 0.867. The molecule has 2 aromatic heterocycles. The number of furan rings is 1. The third-order valence-electron chi connectivity index (χ3n) is 2.61. The Morgan fingerprint density at radius 2 is 2.11 bits per heavy atom. The number of hydrogen-bond donors (Lipinski definition) is 2. The van der Waals surface area contributed by atoms with E-state index in [1.165, 1.54) is 0 Å². The molecule has 0 spiro atoms. The van der Waals surface area contributed by atoms with E-state index in [-0.39, 0.29) is 6.03 Å². The predicted octanol–water partition coefficient (Wildman–Crippen LogP) is 1.88. The van der Waals surface area contributed by atoms with Crippen molar-refractivity contribution in [3.05, 3.63) is 41.2 Å². The monoisotopic (exact) mass is 249 g/mol. The molecule has 0 aromatic carbocycles. The molecule has 0 aliphatic rings. The summed E-state index contributed by atoms with van der Waals surface area (Å²) in [5, 5.41) is 9.25. The van der Waals surface area contributed by atoms with Crippen molar-refractivity contribution in [1.82, 2.24) is 15.8 Å². The molecule has 0 fully saturated rings. The summed E-state index contributed by atoms with van der Waals surface area (Å²) < 4.78 is 10.1. The van der Waals surface area contributed by atoms with E-state index in [0.29, 0.717) is 18.8 Å². The van der Waals surface area contributed by atoms with E-state index in [9.17, 15) is 4.79 Å². The topological polar surface area (TPSA) is 80.3 Å². The van der Waals surface area contributed by atoms with Crippen molar-refractivity contribution in [3.63, 3.8) is 0 Å². The van der Waals surface area contributed by atoms with Crippen LogP contribution in [-0.2, 0) is 13.1 Å². The summed E-state index contributed by atoms with van der Waals surface area (Å²) in [5.41, 5.74) is 1.70. The molecule has 0 atom stereocenters. The molecule has 2 aromatic rings. The van der Waals surface area contributed by atoms with Crippen LogP contribution in [0.4, 0.5) is 4.79 Å². The zero-order valence-corrected chi connectivity index (χ0v) is 10.3. The number of rotatable bonds is 4. The fourth-order valence-corrected chi connectivity index (χ4v) is 1.57. The number of aromatic nitrogens is 1. The van der Waals surface area contributed by atoms with Gasteiger partial charge in [0.2, 0.25) is 0 Å². The molecule has 0 saturated carbocycles. The van der Waals surface area contributed by atoms with Crippen LogP contribution < -0.4 is 10.6 Å². The molecule has 6 heteroatoms. The molecular formula is C12H15N3O3. The van der Waals surface area contributed by atoms with Gasteiger partial charge in [0.15, 0.2) is 0 Å². The summed E-state index contributed by atoms with van der Waals surface area (Å²) in [4.78, 5) is 11.5. The lowest BCUT2D eigenvalue weighted by atomic mass is 10.2. The van der Waals surface area contributed by atoms with Crippen molar-refractivity contribution in [2.75, 3.05) is 0 Å². The van der Waals surface area contributed by atoms with Crippen LogP contribution in [0.15, 0.2) is 27.3 Å². The third kappa shape index (κ3) is 2.91. The molecule has 0 aliphatic heterocycles. The molecule has 0 aliphatic carbocycles. The zero-order valence-electron chi connectivity index (χ0n) is 10.3. The standard InChI is InChI=1S/C12H15N3O3/c1-8-11(9(2)18-15-8)7-14-12(16)13-6-10-4-3-5-17-10/h3-5H,6-7H2,1-2H3,(H2,13,14,16). The van der Waals surface area contributed by atoms with E-state index in [1.54, 1.807) is 18.4 Å². The van der Waals surface area contributed by atoms with E-state index in [2.05, 4.69) is 15.8 Å². The van der Waals surface area contributed by atoms with Gasteiger partial charge in [-0.2, -0.15) is 0 Å². The molecule has 2 amide bonds. The first-order valence-electron chi connectivity index (χ1n) is 5.62. The number of aryl methyl sites for hydroxylation is 2. The molecule has 2 heterocycles. The Balaban J connectivity index is 1.78. The van der Waals surface area contributed by atoms with E-state index in [0.717, 1.165) is 17.0 Å². The number of urea groups is 1. The van der Waals surface area contributed by atoms with Gasteiger partial charge in [-0.3, -0.25) is 0 Å². The van der Waals surface area contributed by atoms with Crippen LogP contribution in [0.25, 0.3) is 0 Å². The van der Waals surface area contributed by atoms with Crippen LogP contribution in [0.5, 0.6) is 0 Å². The van der Waals surface area contributed by atoms with Crippen LogP contribution >= 0.6 is 0 Å². The first kappa shape index (κ1) is 12.2. The summed E-state index contributed by atoms with van der Waals surface area (Å²) >= 11 is 0. The van der Waals surface area contributed by atoms with Crippen LogP contribution in [0.2, 0.25) is 0 Å². The number of carbonyl (C=O) groups excluding carboxylic acids is 1. The Labute approximate surface area is 104 Å². The van der Waals surface area contributed by atoms with Gasteiger partial charge >= 0.3 is 6.03 Å². The molecule has 96 valence electrons. The third-order valence-corrected chi connectivity index (χ3v) is 2.61. The van der Waals surface area contributed by atoms with Crippen molar-refractivity contribution >= 4 is 6.03 Å². The summed E-state index contributed by atoms with van der Waals surface area (Å²) in [6, 6.07) is 3.32. The first-order valence-corrected chi connectivity index (χ1v) is 5.62. The minimum absolute atomic E-state index is 0.258. The van der Waals surface area contributed by atoms with Gasteiger partial charge in [-0.05, 0) is 26.0 Å². The average Bonchev–Trinajstić information content (AvgIpc) is 2.96. The number of nitrogens with zero attached hydrogens (tertiary/aromatic N) is 1. The Hall–Kier alpha value is -2.24. The van der Waals surface area contributed by atoms with Crippen LogP contribution in [0.1, 0.15) is 22.8 Å². The molecule has 6 nitrogen and oxygen atoms in total. The Morgan fingerprint density at radius 3 is 2.72 bits per heavy atom.